The Balaban J connectivity index is 0. The van der Waals surface area contributed by atoms with Crippen molar-refractivity contribution in [1.82, 2.24) is 0 Å². The Kier molecular flexibility index (Phi) is 15.4. The second-order valence-corrected chi connectivity index (χ2v) is 1.48. The Hall–Kier alpha value is 0.230. The van der Waals surface area contributed by atoms with Crippen molar-refractivity contribution in [2.45, 2.75) is 27.1 Å². The van der Waals surface area contributed by atoms with E-state index in [1.54, 1.807) is 0 Å². The molecule has 0 aromatic carbocycles. The first-order chi connectivity index (χ1) is 4.81. The van der Waals surface area contributed by atoms with Gasteiger partial charge >= 0.3 is 0 Å². The van der Waals surface area contributed by atoms with Crippen LogP contribution in [0.4, 0.5) is 0 Å². The average Bonchev–Trinajstić information content (AvgIpc) is 1.93. The molecule has 0 radical (unpaired) electrons. The lowest BCUT2D eigenvalue weighted by molar-refractivity contribution is -0.123. The monoisotopic (exact) mass is 167 g/mol. The van der Waals surface area contributed by atoms with E-state index < -0.39 is 0 Å². The summed E-state index contributed by atoms with van der Waals surface area (Å²) in [5.41, 5.74) is 0. The van der Waals surface area contributed by atoms with Crippen LogP contribution in [0.2, 0.25) is 0 Å². The largest absolute Gasteiger partial charge is 0.353 e. The van der Waals surface area contributed by atoms with E-state index in [2.05, 4.69) is 18.0 Å². The highest BCUT2D eigenvalue weighted by Gasteiger charge is 1.94. The molecule has 0 aliphatic carbocycles. The molecule has 0 heterocycles. The SMILES string of the molecule is CCOC(C)OCC.NS. The average molecular weight is 167 g/mol. The van der Waals surface area contributed by atoms with Crippen LogP contribution in [0.5, 0.6) is 0 Å². The lowest BCUT2D eigenvalue weighted by atomic mass is 10.7. The molecule has 0 saturated carbocycles. The first-order valence-electron chi connectivity index (χ1n) is 3.30. The quantitative estimate of drug-likeness (QED) is 0.488. The Bertz CT molecular complexity index is 49.0. The molecule has 0 aromatic heterocycles. The van der Waals surface area contributed by atoms with Gasteiger partial charge in [0.15, 0.2) is 6.29 Å². The van der Waals surface area contributed by atoms with Crippen LogP contribution in [0.1, 0.15) is 20.8 Å². The molecular formula is C6H17NO2S. The molecule has 0 spiro atoms. The van der Waals surface area contributed by atoms with Gasteiger partial charge in [0, 0.05) is 13.2 Å². The Morgan fingerprint density at radius 1 is 1.20 bits per heavy atom. The van der Waals surface area contributed by atoms with E-state index >= 15 is 0 Å². The van der Waals surface area contributed by atoms with E-state index in [-0.39, 0.29) is 6.29 Å². The number of nitrogens with two attached hydrogens (primary N) is 1. The van der Waals surface area contributed by atoms with E-state index in [0.717, 1.165) is 13.2 Å². The first kappa shape index (κ1) is 12.9. The van der Waals surface area contributed by atoms with E-state index in [0.29, 0.717) is 0 Å². The summed E-state index contributed by atoms with van der Waals surface area (Å²) < 4.78 is 10.1. The molecule has 64 valence electrons. The third-order valence-electron chi connectivity index (χ3n) is 0.803. The molecule has 4 heteroatoms. The minimum Gasteiger partial charge on any atom is -0.353 e. The highest BCUT2D eigenvalue weighted by atomic mass is 32.1. The Labute approximate surface area is 68.4 Å². The zero-order valence-electron chi connectivity index (χ0n) is 6.83. The predicted molar refractivity (Wildman–Crippen MR) is 45.9 cm³/mol. The fourth-order valence-corrected chi connectivity index (χ4v) is 0.518. The maximum atomic E-state index is 5.06. The molecule has 0 unspecified atom stereocenters. The third-order valence-corrected chi connectivity index (χ3v) is 0.803. The van der Waals surface area contributed by atoms with Crippen LogP contribution in [0.3, 0.4) is 0 Å². The van der Waals surface area contributed by atoms with Crippen molar-refractivity contribution in [3.63, 3.8) is 0 Å². The van der Waals surface area contributed by atoms with Gasteiger partial charge in [-0.05, 0) is 20.8 Å². The molecule has 0 aliphatic rings. The number of rotatable bonds is 4. The third kappa shape index (κ3) is 11.1. The van der Waals surface area contributed by atoms with Crippen molar-refractivity contribution in [3.8, 4) is 0 Å². The lowest BCUT2D eigenvalue weighted by Gasteiger charge is -2.09. The Morgan fingerprint density at radius 2 is 1.50 bits per heavy atom. The Morgan fingerprint density at radius 3 is 1.70 bits per heavy atom. The first-order valence-corrected chi connectivity index (χ1v) is 3.81. The second kappa shape index (κ2) is 12.0. The van der Waals surface area contributed by atoms with Crippen LogP contribution in [0, 0.1) is 0 Å². The number of ether oxygens (including phenoxy) is 2. The van der Waals surface area contributed by atoms with Crippen LogP contribution in [0.15, 0.2) is 0 Å². The van der Waals surface area contributed by atoms with Crippen molar-refractivity contribution in [1.29, 1.82) is 0 Å². The van der Waals surface area contributed by atoms with Crippen LogP contribution in [-0.4, -0.2) is 19.5 Å². The molecule has 0 rings (SSSR count). The normalized spacial score (nSPS) is 9.00. The van der Waals surface area contributed by atoms with Crippen molar-refractivity contribution >= 4 is 12.8 Å². The van der Waals surface area contributed by atoms with Crippen LogP contribution >= 0.6 is 12.8 Å². The van der Waals surface area contributed by atoms with Gasteiger partial charge in [0.05, 0.1) is 0 Å². The predicted octanol–water partition coefficient (Wildman–Crippen LogP) is 1.20. The van der Waals surface area contributed by atoms with Gasteiger partial charge in [-0.15, -0.1) is 12.8 Å². The van der Waals surface area contributed by atoms with Crippen LogP contribution in [-0.2, 0) is 9.47 Å². The smallest absolute Gasteiger partial charge is 0.154 e. The molecule has 0 amide bonds. The van der Waals surface area contributed by atoms with Gasteiger partial charge in [0.25, 0.3) is 0 Å². The summed E-state index contributed by atoms with van der Waals surface area (Å²) in [7, 11) is 0. The lowest BCUT2D eigenvalue weighted by Crippen LogP contribution is -2.11. The van der Waals surface area contributed by atoms with Crippen molar-refractivity contribution in [3.05, 3.63) is 0 Å². The zero-order valence-corrected chi connectivity index (χ0v) is 7.73. The molecule has 0 fully saturated rings. The maximum Gasteiger partial charge on any atom is 0.154 e. The minimum atomic E-state index is -0.0370. The standard InChI is InChI=1S/C6H14O2.H3NS/c1-4-7-6(3)8-5-2;1-2/h6H,4-5H2,1-3H3;2H,1H2. The topological polar surface area (TPSA) is 44.5 Å². The van der Waals surface area contributed by atoms with Gasteiger partial charge in [-0.25, -0.2) is 0 Å². The number of hydrogen-bond acceptors (Lipinski definition) is 4. The minimum absolute atomic E-state index is 0.0370. The van der Waals surface area contributed by atoms with E-state index in [1.807, 2.05) is 20.8 Å². The van der Waals surface area contributed by atoms with Gasteiger partial charge in [0.2, 0.25) is 0 Å². The van der Waals surface area contributed by atoms with Crippen LogP contribution < -0.4 is 5.14 Å². The maximum absolute atomic E-state index is 5.06. The molecule has 3 nitrogen and oxygen atoms in total. The number of hydrogen-bond donors (Lipinski definition) is 2. The van der Waals surface area contributed by atoms with Crippen molar-refractivity contribution in [2.24, 2.45) is 5.14 Å². The molecular weight excluding hydrogens is 150 g/mol. The van der Waals surface area contributed by atoms with Gasteiger partial charge in [-0.2, -0.15) is 0 Å². The second-order valence-electron chi connectivity index (χ2n) is 1.48. The highest BCUT2D eigenvalue weighted by Crippen LogP contribution is 1.90. The highest BCUT2D eigenvalue weighted by molar-refractivity contribution is 7.77. The fourth-order valence-electron chi connectivity index (χ4n) is 0.518. The van der Waals surface area contributed by atoms with E-state index in [9.17, 15) is 0 Å². The number of thiol groups is 1. The summed E-state index contributed by atoms with van der Waals surface area (Å²) in [5.74, 6) is 0. The fraction of sp³-hybridized carbons (Fsp3) is 1.00. The molecule has 2 N–H and O–H groups in total. The molecule has 0 aromatic rings. The van der Waals surface area contributed by atoms with Gasteiger partial charge in [-0.3, -0.25) is 5.14 Å². The summed E-state index contributed by atoms with van der Waals surface area (Å²) in [4.78, 5) is 0. The van der Waals surface area contributed by atoms with Crippen LogP contribution in [0.25, 0.3) is 0 Å². The van der Waals surface area contributed by atoms with Crippen molar-refractivity contribution < 1.29 is 9.47 Å². The summed E-state index contributed by atoms with van der Waals surface area (Å²) >= 11 is 3.03. The summed E-state index contributed by atoms with van der Waals surface area (Å²) in [6.07, 6.45) is -0.0370. The van der Waals surface area contributed by atoms with Gasteiger partial charge < -0.3 is 9.47 Å². The zero-order chi connectivity index (χ0) is 8.41. The molecule has 10 heavy (non-hydrogen) atoms. The van der Waals surface area contributed by atoms with Gasteiger partial charge in [-0.1, -0.05) is 0 Å². The van der Waals surface area contributed by atoms with Crippen molar-refractivity contribution in [2.75, 3.05) is 13.2 Å². The van der Waals surface area contributed by atoms with E-state index in [1.165, 1.54) is 0 Å². The summed E-state index contributed by atoms with van der Waals surface area (Å²) in [6, 6.07) is 0. The van der Waals surface area contributed by atoms with E-state index in [4.69, 9.17) is 9.47 Å². The molecule has 0 saturated heterocycles. The molecule has 0 aliphatic heterocycles. The molecule has 0 bridgehead atoms. The summed E-state index contributed by atoms with van der Waals surface area (Å²) in [6.45, 7) is 7.25. The molecule has 0 atom stereocenters. The summed E-state index contributed by atoms with van der Waals surface area (Å²) in [5, 5.41) is 4.19. The van der Waals surface area contributed by atoms with Gasteiger partial charge in [0.1, 0.15) is 0 Å².